The van der Waals surface area contributed by atoms with Gasteiger partial charge in [0.1, 0.15) is 0 Å². The Morgan fingerprint density at radius 3 is 1.42 bits per heavy atom. The third-order valence-corrected chi connectivity index (χ3v) is 20.8. The molecule has 0 heterocycles. The molecule has 1 atom stereocenters. The largest absolute Gasteiger partial charge is 0.389 e. The summed E-state index contributed by atoms with van der Waals surface area (Å²) in [5, 5.41) is 10.8. The highest BCUT2D eigenvalue weighted by atomic mass is 28.4. The Morgan fingerprint density at radius 2 is 1.17 bits per heavy atom. The molecule has 0 saturated carbocycles. The van der Waals surface area contributed by atoms with E-state index in [0.717, 1.165) is 6.42 Å². The Morgan fingerprint density at radius 1 is 0.833 bits per heavy atom. The van der Waals surface area contributed by atoms with Gasteiger partial charge in [-0.1, -0.05) is 115 Å². The van der Waals surface area contributed by atoms with Crippen LogP contribution in [0.1, 0.15) is 61.8 Å². The van der Waals surface area contributed by atoms with E-state index in [0.29, 0.717) is 5.92 Å². The summed E-state index contributed by atoms with van der Waals surface area (Å²) in [6.45, 7) is 22.9. The van der Waals surface area contributed by atoms with Crippen molar-refractivity contribution in [3.8, 4) is 0 Å². The quantitative estimate of drug-likeness (QED) is 0.291. The van der Waals surface area contributed by atoms with Crippen molar-refractivity contribution >= 4 is 16.1 Å². The normalized spacial score (nSPS) is 13.9. The molecule has 0 aromatic carbocycles. The molecule has 0 aromatic rings. The van der Waals surface area contributed by atoms with Crippen molar-refractivity contribution in [1.29, 1.82) is 0 Å². The molecule has 3 heteroatoms. The maximum absolute atomic E-state index is 10.8. The first-order valence-electron chi connectivity index (χ1n) is 10.3. The Kier molecular flexibility index (Phi) is 10.7. The molecule has 0 saturated heterocycles. The number of hydrogen-bond acceptors (Lipinski definition) is 1. The molecule has 0 aliphatic rings. The van der Waals surface area contributed by atoms with Gasteiger partial charge in [0.05, 0.1) is 22.3 Å². The zero-order valence-electron chi connectivity index (χ0n) is 17.8. The molecule has 142 valence electrons. The Balaban J connectivity index is 6.04. The fraction of sp³-hybridized carbons (Fsp3) is 0.810. The highest BCUT2D eigenvalue weighted by Crippen LogP contribution is 2.40. The summed E-state index contributed by atoms with van der Waals surface area (Å²) >= 11 is 0. The fourth-order valence-corrected chi connectivity index (χ4v) is 18.4. The van der Waals surface area contributed by atoms with Crippen molar-refractivity contribution in [2.45, 2.75) is 104 Å². The van der Waals surface area contributed by atoms with Crippen LogP contribution in [0.2, 0.25) is 36.3 Å². The van der Waals surface area contributed by atoms with Crippen LogP contribution in [0.25, 0.3) is 0 Å². The van der Waals surface area contributed by atoms with Crippen LogP contribution in [0, 0.1) is 5.92 Å². The average molecular weight is 369 g/mol. The second kappa shape index (κ2) is 10.8. The van der Waals surface area contributed by atoms with Crippen LogP contribution in [0.4, 0.5) is 0 Å². The summed E-state index contributed by atoms with van der Waals surface area (Å²) < 4.78 is 0. The van der Waals surface area contributed by atoms with E-state index in [1.165, 1.54) is 41.8 Å². The van der Waals surface area contributed by atoms with Crippen LogP contribution < -0.4 is 0 Å². The van der Waals surface area contributed by atoms with Crippen LogP contribution in [-0.2, 0) is 0 Å². The molecule has 1 nitrogen and oxygen atoms in total. The van der Waals surface area contributed by atoms with Crippen LogP contribution in [0.5, 0.6) is 0 Å². The smallest absolute Gasteiger partial charge is 0.0762 e. The van der Waals surface area contributed by atoms with Crippen molar-refractivity contribution < 1.29 is 5.11 Å². The van der Waals surface area contributed by atoms with E-state index in [4.69, 9.17) is 0 Å². The van der Waals surface area contributed by atoms with E-state index in [9.17, 15) is 5.11 Å². The van der Waals surface area contributed by atoms with Gasteiger partial charge in [-0.05, 0) is 12.3 Å². The van der Waals surface area contributed by atoms with E-state index in [1.54, 1.807) is 4.82 Å². The number of aliphatic hydroxyl groups is 1. The number of hydrogen-bond donors (Lipinski definition) is 1. The Bertz CT molecular complexity index is 366. The summed E-state index contributed by atoms with van der Waals surface area (Å²) in [5.41, 5.74) is 1.17. The highest BCUT2D eigenvalue weighted by molar-refractivity contribution is 7.07. The lowest BCUT2D eigenvalue weighted by Gasteiger charge is -2.43. The Hall–Kier alpha value is -0.126. The lowest BCUT2D eigenvalue weighted by atomic mass is 9.99. The van der Waals surface area contributed by atoms with Gasteiger partial charge in [-0.15, -0.1) is 0 Å². The van der Waals surface area contributed by atoms with E-state index in [2.05, 4.69) is 68.0 Å². The molecule has 0 bridgehead atoms. The molecule has 0 spiro atoms. The summed E-state index contributed by atoms with van der Waals surface area (Å²) in [5.74, 6) is 0.451. The molecule has 0 amide bonds. The maximum atomic E-state index is 10.8. The molecule has 0 aromatic heterocycles. The first-order valence-corrected chi connectivity index (χ1v) is 15.5. The summed E-state index contributed by atoms with van der Waals surface area (Å²) in [4.78, 5) is 1.79. The van der Waals surface area contributed by atoms with Gasteiger partial charge < -0.3 is 5.11 Å². The van der Waals surface area contributed by atoms with Gasteiger partial charge in [-0.2, -0.15) is 0 Å². The Labute approximate surface area is 154 Å². The van der Waals surface area contributed by atoms with Crippen LogP contribution >= 0.6 is 0 Å². The minimum Gasteiger partial charge on any atom is -0.389 e. The fourth-order valence-electron chi connectivity index (χ4n) is 4.31. The minimum atomic E-state index is -1.45. The molecule has 1 N–H and O–H groups in total. The first kappa shape index (κ1) is 23.9. The van der Waals surface area contributed by atoms with Gasteiger partial charge in [-0.25, -0.2) is 0 Å². The van der Waals surface area contributed by atoms with Crippen LogP contribution in [0.15, 0.2) is 23.0 Å². The van der Waals surface area contributed by atoms with E-state index in [1.807, 2.05) is 0 Å². The van der Waals surface area contributed by atoms with Crippen molar-refractivity contribution in [1.82, 2.24) is 0 Å². The highest BCUT2D eigenvalue weighted by Gasteiger charge is 2.43. The molecule has 0 aliphatic heterocycles. The lowest BCUT2D eigenvalue weighted by Crippen LogP contribution is -2.50. The molecule has 1 unspecified atom stereocenters. The molecule has 0 aliphatic carbocycles. The molecular formula is C21H44OSi2. The first-order chi connectivity index (χ1) is 11.2. The zero-order valence-corrected chi connectivity index (χ0v) is 19.8. The van der Waals surface area contributed by atoms with Gasteiger partial charge in [0.15, 0.2) is 0 Å². The maximum Gasteiger partial charge on any atom is 0.0762 e. The summed E-state index contributed by atoms with van der Waals surface area (Å²) in [6, 6.07) is 7.91. The standard InChI is InChI=1S/C21H44OSi2/c1-10-23(11-2,12-3)21(24(13-4,14-5)15-6)17-20(22)16-19(9)18(7)8/h17-18,20,22H,9-16H2,1-8H3. The topological polar surface area (TPSA) is 20.2 Å². The summed E-state index contributed by atoms with van der Waals surface area (Å²) in [7, 11) is -2.91. The van der Waals surface area contributed by atoms with Crippen LogP contribution in [0.3, 0.4) is 0 Å². The predicted molar refractivity (Wildman–Crippen MR) is 117 cm³/mol. The second-order valence-electron chi connectivity index (χ2n) is 7.85. The second-order valence-corrected chi connectivity index (χ2v) is 18.8. The van der Waals surface area contributed by atoms with E-state index < -0.39 is 16.1 Å². The summed E-state index contributed by atoms with van der Waals surface area (Å²) in [6.07, 6.45) is 2.73. The van der Waals surface area contributed by atoms with Gasteiger partial charge in [0.2, 0.25) is 0 Å². The van der Waals surface area contributed by atoms with Gasteiger partial charge in [-0.3, -0.25) is 0 Å². The molecular weight excluding hydrogens is 324 g/mol. The monoisotopic (exact) mass is 368 g/mol. The van der Waals surface area contributed by atoms with Gasteiger partial charge >= 0.3 is 0 Å². The van der Waals surface area contributed by atoms with Gasteiger partial charge in [0.25, 0.3) is 0 Å². The number of rotatable bonds is 12. The predicted octanol–water partition coefficient (Wildman–Crippen LogP) is 6.97. The average Bonchev–Trinajstić information content (AvgIpc) is 2.58. The van der Waals surface area contributed by atoms with E-state index >= 15 is 0 Å². The van der Waals surface area contributed by atoms with Crippen LogP contribution in [-0.4, -0.2) is 27.4 Å². The third-order valence-electron chi connectivity index (χ3n) is 6.85. The van der Waals surface area contributed by atoms with Crippen molar-refractivity contribution in [2.75, 3.05) is 0 Å². The van der Waals surface area contributed by atoms with E-state index in [-0.39, 0.29) is 6.10 Å². The van der Waals surface area contributed by atoms with Crippen molar-refractivity contribution in [2.24, 2.45) is 5.92 Å². The SMILES string of the molecule is C=C(CC(O)C=C([Si](CC)(CC)CC)[Si](CC)(CC)CC)C(C)C. The minimum absolute atomic E-state index is 0.344. The third kappa shape index (κ3) is 5.44. The lowest BCUT2D eigenvalue weighted by molar-refractivity contribution is 0.220. The van der Waals surface area contributed by atoms with Crippen molar-refractivity contribution in [3.05, 3.63) is 23.0 Å². The molecule has 0 radical (unpaired) electrons. The molecule has 24 heavy (non-hydrogen) atoms. The zero-order chi connectivity index (χ0) is 19.0. The molecule has 0 rings (SSSR count). The molecule has 0 fully saturated rings. The van der Waals surface area contributed by atoms with Gasteiger partial charge in [0, 0.05) is 0 Å². The number of aliphatic hydroxyl groups excluding tert-OH is 1. The van der Waals surface area contributed by atoms with Crippen molar-refractivity contribution in [3.63, 3.8) is 0 Å².